The number of nitrogens with zero attached hydrogens (tertiary/aromatic N) is 3. The summed E-state index contributed by atoms with van der Waals surface area (Å²) >= 11 is 0. The van der Waals surface area contributed by atoms with E-state index < -0.39 is 0 Å². The molecule has 0 saturated carbocycles. The van der Waals surface area contributed by atoms with Crippen LogP contribution in [0.5, 0.6) is 0 Å². The van der Waals surface area contributed by atoms with Crippen LogP contribution in [-0.4, -0.2) is 31.2 Å². The number of nitrogens with two attached hydrogens (primary N) is 1. The number of rotatable bonds is 3. The van der Waals surface area contributed by atoms with E-state index in [1.54, 1.807) is 0 Å². The van der Waals surface area contributed by atoms with Crippen molar-refractivity contribution in [1.82, 2.24) is 4.98 Å². The summed E-state index contributed by atoms with van der Waals surface area (Å²) in [7, 11) is 0. The Morgan fingerprint density at radius 1 is 0.900 bits per heavy atom. The molecule has 0 unspecified atom stereocenters. The summed E-state index contributed by atoms with van der Waals surface area (Å²) in [6.45, 7) is 4.62. The Bertz CT molecular complexity index is 530. The lowest BCUT2D eigenvalue weighted by atomic mass is 10.2. The van der Waals surface area contributed by atoms with Crippen LogP contribution in [0.3, 0.4) is 0 Å². The zero-order chi connectivity index (χ0) is 13.8. The van der Waals surface area contributed by atoms with Crippen molar-refractivity contribution in [3.8, 4) is 0 Å². The van der Waals surface area contributed by atoms with Crippen molar-refractivity contribution in [2.24, 2.45) is 5.73 Å². The molecule has 2 aromatic rings. The number of aromatic nitrogens is 1. The van der Waals surface area contributed by atoms with Gasteiger partial charge in [-0.15, -0.1) is 0 Å². The second-order valence-electron chi connectivity index (χ2n) is 5.04. The molecule has 3 rings (SSSR count). The van der Waals surface area contributed by atoms with E-state index in [-0.39, 0.29) is 0 Å². The molecule has 4 nitrogen and oxygen atoms in total. The molecule has 4 heteroatoms. The zero-order valence-electron chi connectivity index (χ0n) is 11.6. The van der Waals surface area contributed by atoms with E-state index in [0.717, 1.165) is 37.6 Å². The maximum absolute atomic E-state index is 5.60. The molecule has 1 aromatic heterocycles. The van der Waals surface area contributed by atoms with Crippen LogP contribution in [0.15, 0.2) is 48.7 Å². The summed E-state index contributed by atoms with van der Waals surface area (Å²) in [5.74, 6) is 1.05. The number of anilines is 2. The predicted octanol–water partition coefficient (Wildman–Crippen LogP) is 1.87. The number of pyridine rings is 1. The maximum Gasteiger partial charge on any atom is 0.128 e. The minimum Gasteiger partial charge on any atom is -0.368 e. The summed E-state index contributed by atoms with van der Waals surface area (Å²) in [5.41, 5.74) is 7.99. The Morgan fingerprint density at radius 2 is 1.60 bits per heavy atom. The minimum absolute atomic E-state index is 0.551. The highest BCUT2D eigenvalue weighted by Gasteiger charge is 2.17. The first-order valence-electron chi connectivity index (χ1n) is 7.07. The van der Waals surface area contributed by atoms with Crippen LogP contribution >= 0.6 is 0 Å². The lowest BCUT2D eigenvalue weighted by Gasteiger charge is -2.36. The summed E-state index contributed by atoms with van der Waals surface area (Å²) in [6, 6.07) is 14.7. The van der Waals surface area contributed by atoms with Gasteiger partial charge in [0.1, 0.15) is 5.82 Å². The van der Waals surface area contributed by atoms with Crippen molar-refractivity contribution < 1.29 is 0 Å². The van der Waals surface area contributed by atoms with Crippen molar-refractivity contribution in [2.45, 2.75) is 6.54 Å². The van der Waals surface area contributed by atoms with Gasteiger partial charge in [0.15, 0.2) is 0 Å². The fourth-order valence-corrected chi connectivity index (χ4v) is 2.56. The largest absolute Gasteiger partial charge is 0.368 e. The van der Waals surface area contributed by atoms with Gasteiger partial charge >= 0.3 is 0 Å². The Hall–Kier alpha value is -2.07. The molecule has 1 saturated heterocycles. The van der Waals surface area contributed by atoms with E-state index in [0.29, 0.717) is 6.54 Å². The van der Waals surface area contributed by atoms with Crippen LogP contribution in [-0.2, 0) is 6.54 Å². The Kier molecular flexibility index (Phi) is 3.83. The Balaban J connectivity index is 1.63. The smallest absolute Gasteiger partial charge is 0.128 e. The number of piperazine rings is 1. The standard InChI is InChI=1S/C16H20N4/c17-12-14-6-7-16(18-13-14)20-10-8-19(9-11-20)15-4-2-1-3-5-15/h1-7,13H,8-12,17H2. The van der Waals surface area contributed by atoms with Crippen LogP contribution in [0.4, 0.5) is 11.5 Å². The SMILES string of the molecule is NCc1ccc(N2CCN(c3ccccc3)CC2)nc1. The van der Waals surface area contributed by atoms with E-state index in [9.17, 15) is 0 Å². The fraction of sp³-hybridized carbons (Fsp3) is 0.312. The van der Waals surface area contributed by atoms with Crippen molar-refractivity contribution in [1.29, 1.82) is 0 Å². The van der Waals surface area contributed by atoms with E-state index in [4.69, 9.17) is 5.73 Å². The molecule has 0 bridgehead atoms. The second kappa shape index (κ2) is 5.92. The molecule has 20 heavy (non-hydrogen) atoms. The normalized spacial score (nSPS) is 15.4. The lowest BCUT2D eigenvalue weighted by molar-refractivity contribution is 0.647. The molecule has 0 aliphatic carbocycles. The first-order chi connectivity index (χ1) is 9.86. The molecular formula is C16H20N4. The molecule has 0 radical (unpaired) electrons. The Labute approximate surface area is 119 Å². The molecule has 104 valence electrons. The first kappa shape index (κ1) is 12.9. The summed E-state index contributed by atoms with van der Waals surface area (Å²) < 4.78 is 0. The van der Waals surface area contributed by atoms with Crippen LogP contribution in [0.2, 0.25) is 0 Å². The van der Waals surface area contributed by atoms with Gasteiger partial charge in [-0.1, -0.05) is 24.3 Å². The molecule has 0 spiro atoms. The number of hydrogen-bond acceptors (Lipinski definition) is 4. The zero-order valence-corrected chi connectivity index (χ0v) is 11.6. The van der Waals surface area contributed by atoms with E-state index in [2.05, 4.69) is 57.2 Å². The van der Waals surface area contributed by atoms with E-state index in [1.165, 1.54) is 5.69 Å². The topological polar surface area (TPSA) is 45.4 Å². The van der Waals surface area contributed by atoms with Crippen LogP contribution in [0.25, 0.3) is 0 Å². The van der Waals surface area contributed by atoms with Gasteiger partial charge in [-0.2, -0.15) is 0 Å². The number of benzene rings is 1. The molecule has 0 amide bonds. The van der Waals surface area contributed by atoms with Gasteiger partial charge in [-0.3, -0.25) is 0 Å². The molecule has 1 aliphatic rings. The van der Waals surface area contributed by atoms with Gasteiger partial charge in [-0.05, 0) is 23.8 Å². The maximum atomic E-state index is 5.60. The number of hydrogen-bond donors (Lipinski definition) is 1. The highest BCUT2D eigenvalue weighted by atomic mass is 15.3. The minimum atomic E-state index is 0.551. The molecule has 2 N–H and O–H groups in total. The van der Waals surface area contributed by atoms with Crippen molar-refractivity contribution >= 4 is 11.5 Å². The Morgan fingerprint density at radius 3 is 2.20 bits per heavy atom. The van der Waals surface area contributed by atoms with Crippen LogP contribution in [0.1, 0.15) is 5.56 Å². The molecule has 1 fully saturated rings. The van der Waals surface area contributed by atoms with Gasteiger partial charge in [0.2, 0.25) is 0 Å². The third-order valence-electron chi connectivity index (χ3n) is 3.77. The first-order valence-corrected chi connectivity index (χ1v) is 7.07. The van der Waals surface area contributed by atoms with Gasteiger partial charge in [0.25, 0.3) is 0 Å². The monoisotopic (exact) mass is 268 g/mol. The summed E-state index contributed by atoms with van der Waals surface area (Å²) in [4.78, 5) is 9.25. The van der Waals surface area contributed by atoms with Crippen molar-refractivity contribution in [3.05, 3.63) is 54.2 Å². The van der Waals surface area contributed by atoms with Gasteiger partial charge in [0, 0.05) is 44.6 Å². The third-order valence-corrected chi connectivity index (χ3v) is 3.77. The molecule has 2 heterocycles. The summed E-state index contributed by atoms with van der Waals surface area (Å²) in [5, 5.41) is 0. The second-order valence-corrected chi connectivity index (χ2v) is 5.04. The quantitative estimate of drug-likeness (QED) is 0.923. The highest BCUT2D eigenvalue weighted by Crippen LogP contribution is 2.18. The average molecular weight is 268 g/mol. The molecule has 0 atom stereocenters. The summed E-state index contributed by atoms with van der Waals surface area (Å²) in [6.07, 6.45) is 1.87. The van der Waals surface area contributed by atoms with Gasteiger partial charge in [0.05, 0.1) is 0 Å². The molecule has 1 aliphatic heterocycles. The van der Waals surface area contributed by atoms with Crippen molar-refractivity contribution in [3.63, 3.8) is 0 Å². The van der Waals surface area contributed by atoms with E-state index in [1.807, 2.05) is 6.20 Å². The molecular weight excluding hydrogens is 248 g/mol. The van der Waals surface area contributed by atoms with E-state index >= 15 is 0 Å². The predicted molar refractivity (Wildman–Crippen MR) is 83.0 cm³/mol. The lowest BCUT2D eigenvalue weighted by Crippen LogP contribution is -2.46. The van der Waals surface area contributed by atoms with Gasteiger partial charge < -0.3 is 15.5 Å². The van der Waals surface area contributed by atoms with Crippen LogP contribution < -0.4 is 15.5 Å². The molecule has 1 aromatic carbocycles. The number of para-hydroxylation sites is 1. The van der Waals surface area contributed by atoms with Crippen molar-refractivity contribution in [2.75, 3.05) is 36.0 Å². The van der Waals surface area contributed by atoms with Crippen LogP contribution in [0, 0.1) is 0 Å². The third kappa shape index (κ3) is 2.75. The fourth-order valence-electron chi connectivity index (χ4n) is 2.56. The average Bonchev–Trinajstić information content (AvgIpc) is 2.56. The van der Waals surface area contributed by atoms with Gasteiger partial charge in [-0.25, -0.2) is 4.98 Å². The highest BCUT2D eigenvalue weighted by molar-refractivity contribution is 5.49.